The number of carbonyl (C=O) groups excluding carboxylic acids is 2. The number of pyridine rings is 1. The Hall–Kier alpha value is -2.17. The molecule has 1 N–H and O–H groups in total. The van der Waals surface area contributed by atoms with Gasteiger partial charge in [-0.1, -0.05) is 19.9 Å². The zero-order valence-corrected chi connectivity index (χ0v) is 19.9. The summed E-state index contributed by atoms with van der Waals surface area (Å²) in [7, 11) is 1.98. The molecule has 0 bridgehead atoms. The largest absolute Gasteiger partial charge is 0.338 e. The first-order valence-corrected chi connectivity index (χ1v) is 12.4. The molecule has 1 aromatic rings. The Morgan fingerprint density at radius 2 is 2.00 bits per heavy atom. The van der Waals surface area contributed by atoms with Crippen LogP contribution in [-0.2, 0) is 9.59 Å². The van der Waals surface area contributed by atoms with Gasteiger partial charge in [-0.3, -0.25) is 14.6 Å². The topological polar surface area (TPSA) is 62.3 Å². The lowest BCUT2D eigenvalue weighted by Gasteiger charge is -2.60. The summed E-state index contributed by atoms with van der Waals surface area (Å²) < 4.78 is 0. The zero-order chi connectivity index (χ0) is 22.7. The number of anilines is 1. The highest BCUT2D eigenvalue weighted by Gasteiger charge is 2.60. The second-order valence-electron chi connectivity index (χ2n) is 11.4. The summed E-state index contributed by atoms with van der Waals surface area (Å²) in [5.41, 5.74) is 2.21. The van der Waals surface area contributed by atoms with Crippen molar-refractivity contribution in [3.63, 3.8) is 0 Å². The van der Waals surface area contributed by atoms with Gasteiger partial charge in [-0.2, -0.15) is 0 Å². The van der Waals surface area contributed by atoms with Gasteiger partial charge in [-0.25, -0.2) is 0 Å². The molecule has 3 fully saturated rings. The molecule has 2 heterocycles. The molecule has 0 aromatic carbocycles. The lowest BCUT2D eigenvalue weighted by Crippen LogP contribution is -2.59. The zero-order valence-electron chi connectivity index (χ0n) is 19.9. The van der Waals surface area contributed by atoms with Gasteiger partial charge < -0.3 is 10.2 Å². The fourth-order valence-corrected chi connectivity index (χ4v) is 8.22. The molecule has 0 radical (unpaired) electrons. The third-order valence-electron chi connectivity index (χ3n) is 10.1. The lowest BCUT2D eigenvalue weighted by atomic mass is 9.47. The van der Waals surface area contributed by atoms with E-state index in [0.29, 0.717) is 36.1 Å². The smallest absolute Gasteiger partial charge is 0.246 e. The van der Waals surface area contributed by atoms with Crippen molar-refractivity contribution in [3.8, 4) is 0 Å². The quantitative estimate of drug-likeness (QED) is 0.729. The minimum Gasteiger partial charge on any atom is -0.338 e. The van der Waals surface area contributed by atoms with Gasteiger partial charge in [-0.15, -0.1) is 0 Å². The molecule has 5 nitrogen and oxygen atoms in total. The van der Waals surface area contributed by atoms with Gasteiger partial charge in [0.1, 0.15) is 0 Å². The van der Waals surface area contributed by atoms with E-state index in [4.69, 9.17) is 0 Å². The van der Waals surface area contributed by atoms with Crippen molar-refractivity contribution in [2.45, 2.75) is 71.8 Å². The van der Waals surface area contributed by atoms with Crippen molar-refractivity contribution in [2.24, 2.45) is 34.5 Å². The van der Waals surface area contributed by atoms with Crippen LogP contribution in [0.3, 0.4) is 0 Å². The van der Waals surface area contributed by atoms with Gasteiger partial charge in [0.05, 0.1) is 0 Å². The van der Waals surface area contributed by atoms with Crippen LogP contribution in [0.25, 0.3) is 0 Å². The van der Waals surface area contributed by atoms with E-state index in [1.807, 2.05) is 31.0 Å². The van der Waals surface area contributed by atoms with Crippen LogP contribution in [0, 0.1) is 41.4 Å². The van der Waals surface area contributed by atoms with Crippen LogP contribution in [0.2, 0.25) is 0 Å². The van der Waals surface area contributed by atoms with Crippen LogP contribution in [-0.4, -0.2) is 34.8 Å². The van der Waals surface area contributed by atoms with E-state index in [1.165, 1.54) is 25.7 Å². The average molecular weight is 436 g/mol. The molecule has 4 aliphatic rings. The number of aryl methyl sites for hydroxylation is 1. The number of likely N-dealkylation sites (N-methyl/N-ethyl adjacent to an activating group) is 1. The highest BCUT2D eigenvalue weighted by atomic mass is 16.2. The van der Waals surface area contributed by atoms with E-state index in [-0.39, 0.29) is 22.6 Å². The van der Waals surface area contributed by atoms with Crippen LogP contribution >= 0.6 is 0 Å². The third kappa shape index (κ3) is 3.22. The normalized spacial score (nSPS) is 40.4. The fraction of sp³-hybridized carbons (Fsp3) is 0.667. The highest BCUT2D eigenvalue weighted by molar-refractivity contribution is 5.91. The van der Waals surface area contributed by atoms with Gasteiger partial charge in [0.25, 0.3) is 0 Å². The Bertz CT molecular complexity index is 958. The molecule has 2 amide bonds. The Morgan fingerprint density at radius 3 is 2.78 bits per heavy atom. The van der Waals surface area contributed by atoms with Crippen LogP contribution < -0.4 is 5.32 Å². The molecule has 5 rings (SSSR count). The van der Waals surface area contributed by atoms with Crippen LogP contribution in [0.5, 0.6) is 0 Å². The van der Waals surface area contributed by atoms with Crippen molar-refractivity contribution in [2.75, 3.05) is 12.4 Å². The second kappa shape index (κ2) is 7.71. The van der Waals surface area contributed by atoms with Crippen LogP contribution in [0.4, 0.5) is 5.69 Å². The maximum Gasteiger partial charge on any atom is 0.246 e. The molecule has 3 saturated carbocycles. The SMILES string of the molecule is Cc1cnccc1NC(=O)C[C@H]1CC[C@H]2[C@@H]3CC[C@H]4N(C)C(=O)C=C[C@]4(C)[C@H]3CC[C@]12C. The number of nitrogens with one attached hydrogen (secondary N) is 1. The molecule has 7 atom stereocenters. The summed E-state index contributed by atoms with van der Waals surface area (Å²) in [5.74, 6) is 2.78. The molecule has 0 unspecified atom stereocenters. The summed E-state index contributed by atoms with van der Waals surface area (Å²) in [6, 6.07) is 2.22. The minimum absolute atomic E-state index is 0.0846. The summed E-state index contributed by atoms with van der Waals surface area (Å²) in [4.78, 5) is 31.3. The van der Waals surface area contributed by atoms with Crippen LogP contribution in [0.15, 0.2) is 30.6 Å². The Morgan fingerprint density at radius 1 is 1.19 bits per heavy atom. The van der Waals surface area contributed by atoms with E-state index in [2.05, 4.69) is 30.2 Å². The standard InChI is InChI=1S/C27H37N3O2/c1-17-16-28-14-11-22(17)29-24(31)15-18-5-7-20-19-6-8-23-27(3,13-10-25(32)30(23)4)21(19)9-12-26(18,20)2/h10-11,13-14,16,18-21,23H,5-9,12,15H2,1-4H3,(H,28,29,31)/t18-,19+,20+,21+,23-,26-,27-/m1/s1. The molecular weight excluding hydrogens is 398 g/mol. The number of fused-ring (bicyclic) bond motifs is 5. The lowest BCUT2D eigenvalue weighted by molar-refractivity contribution is -0.139. The second-order valence-corrected chi connectivity index (χ2v) is 11.4. The van der Waals surface area contributed by atoms with Gasteiger partial charge in [0.15, 0.2) is 0 Å². The first-order valence-electron chi connectivity index (χ1n) is 12.4. The molecule has 1 aromatic heterocycles. The van der Waals surface area contributed by atoms with Gasteiger partial charge in [0, 0.05) is 43.0 Å². The Labute approximate surface area is 192 Å². The van der Waals surface area contributed by atoms with E-state index in [1.54, 1.807) is 12.4 Å². The molecule has 5 heteroatoms. The summed E-state index contributed by atoms with van der Waals surface area (Å²) in [5, 5.41) is 3.13. The number of nitrogens with zero attached hydrogens (tertiary/aromatic N) is 2. The van der Waals surface area contributed by atoms with Crippen molar-refractivity contribution in [3.05, 3.63) is 36.2 Å². The average Bonchev–Trinajstić information content (AvgIpc) is 3.09. The molecule has 0 spiro atoms. The third-order valence-corrected chi connectivity index (χ3v) is 10.1. The van der Waals surface area contributed by atoms with E-state index >= 15 is 0 Å². The van der Waals surface area contributed by atoms with Crippen LogP contribution in [0.1, 0.15) is 64.4 Å². The molecule has 1 aliphatic heterocycles. The minimum atomic E-state index is 0.0846. The van der Waals surface area contributed by atoms with E-state index in [9.17, 15) is 9.59 Å². The first-order chi connectivity index (χ1) is 15.2. The maximum atomic E-state index is 12.9. The predicted molar refractivity (Wildman–Crippen MR) is 126 cm³/mol. The fourth-order valence-electron chi connectivity index (χ4n) is 8.22. The number of amides is 2. The van der Waals surface area contributed by atoms with Gasteiger partial charge in [0.2, 0.25) is 11.8 Å². The van der Waals surface area contributed by atoms with Crippen molar-refractivity contribution >= 4 is 17.5 Å². The van der Waals surface area contributed by atoms with Crippen molar-refractivity contribution < 1.29 is 9.59 Å². The van der Waals surface area contributed by atoms with E-state index < -0.39 is 0 Å². The number of hydrogen-bond acceptors (Lipinski definition) is 3. The number of aromatic nitrogens is 1. The van der Waals surface area contributed by atoms with E-state index in [0.717, 1.165) is 24.1 Å². The Kier molecular flexibility index (Phi) is 5.22. The first kappa shape index (κ1) is 21.7. The number of rotatable bonds is 3. The summed E-state index contributed by atoms with van der Waals surface area (Å²) in [6.07, 6.45) is 15.3. The molecule has 172 valence electrons. The maximum absolute atomic E-state index is 12.9. The monoisotopic (exact) mass is 435 g/mol. The molecule has 0 saturated heterocycles. The predicted octanol–water partition coefficient (Wildman–Crippen LogP) is 4.97. The van der Waals surface area contributed by atoms with Crippen molar-refractivity contribution in [1.29, 1.82) is 0 Å². The molecular formula is C27H37N3O2. The number of hydrogen-bond donors (Lipinski definition) is 1. The molecule has 3 aliphatic carbocycles. The van der Waals surface area contributed by atoms with Crippen molar-refractivity contribution in [1.82, 2.24) is 9.88 Å². The van der Waals surface area contributed by atoms with Gasteiger partial charge in [-0.05, 0) is 92.2 Å². The summed E-state index contributed by atoms with van der Waals surface area (Å²) >= 11 is 0. The highest BCUT2D eigenvalue weighted by Crippen LogP contribution is 2.65. The van der Waals surface area contributed by atoms with Gasteiger partial charge >= 0.3 is 0 Å². The molecule has 32 heavy (non-hydrogen) atoms. The number of carbonyl (C=O) groups is 2. The Balaban J connectivity index is 1.32. The summed E-state index contributed by atoms with van der Waals surface area (Å²) in [6.45, 7) is 6.85.